The molecule has 8 aliphatic rings. The topological polar surface area (TPSA) is 446 Å². The SMILES string of the molecule is CC(=O)O[C@@]12CO[C@@H]1C[C@H](O)[C@@]1(C)C(=O)[C@H](O)C3=C(C)[C@@H](OC(=O)[C@H](O)[C@@H](NC(=O)OC(C)(C)C)c4ccccc4)C[C@@](O)([C@@H](OC(=O)c4ccccc4)[C@H]21)C3(C)C.CC(=O)O[C@H]1C(=O)[C@@]2(C)[C@H]([C@H](OC(=O)c3ccccc3)[C@]3(O)C[C@H](OC(=O)[C@H](O)[C@@H](NC(=O)c4ccccc4)c4ccccc4)C(C)=C1C3(C)C)[C@]1(OC(C)=O)CO[C@@H]1C[C@@H]2O. The van der Waals surface area contributed by atoms with Gasteiger partial charge in [0.2, 0.25) is 0 Å². The van der Waals surface area contributed by atoms with Crippen LogP contribution >= 0.6 is 0 Å². The van der Waals surface area contributed by atoms with Crippen LogP contribution in [0.3, 0.4) is 0 Å². The maximum absolute atomic E-state index is 15.5. The lowest BCUT2D eigenvalue weighted by Crippen LogP contribution is -2.82. The van der Waals surface area contributed by atoms with Gasteiger partial charge in [0.05, 0.1) is 71.3 Å². The van der Waals surface area contributed by atoms with Crippen molar-refractivity contribution in [1.29, 1.82) is 0 Å². The molecule has 13 rings (SSSR count). The van der Waals surface area contributed by atoms with Crippen LogP contribution in [-0.2, 0) is 80.9 Å². The Morgan fingerprint density at radius 2 is 0.833 bits per heavy atom. The molecule has 2 heterocycles. The van der Waals surface area contributed by atoms with Gasteiger partial charge in [-0.1, -0.05) is 143 Å². The van der Waals surface area contributed by atoms with E-state index in [-0.39, 0.29) is 65.0 Å². The third-order valence-electron chi connectivity index (χ3n) is 26.0. The third-order valence-corrected chi connectivity index (χ3v) is 26.0. The molecule has 30 nitrogen and oxygen atoms in total. The minimum atomic E-state index is -2.39. The number of ether oxygens (including phenoxy) is 10. The van der Waals surface area contributed by atoms with Gasteiger partial charge in [0.1, 0.15) is 59.5 Å². The van der Waals surface area contributed by atoms with Crippen molar-refractivity contribution in [2.45, 2.75) is 236 Å². The van der Waals surface area contributed by atoms with Crippen LogP contribution in [0.25, 0.3) is 0 Å². The molecule has 30 heteroatoms. The van der Waals surface area contributed by atoms with Crippen LogP contribution in [0, 0.1) is 33.5 Å². The van der Waals surface area contributed by atoms with Crippen molar-refractivity contribution in [3.63, 3.8) is 0 Å². The summed E-state index contributed by atoms with van der Waals surface area (Å²) in [7, 11) is 0. The van der Waals surface area contributed by atoms with Crippen molar-refractivity contribution in [3.05, 3.63) is 202 Å². The number of carbonyl (C=O) groups is 11. The van der Waals surface area contributed by atoms with Gasteiger partial charge >= 0.3 is 47.9 Å². The molecule has 0 aromatic heterocycles. The number of alkyl carbamates (subject to hydrolysis) is 1. The van der Waals surface area contributed by atoms with E-state index in [9.17, 15) is 83.7 Å². The molecule has 6 aliphatic carbocycles. The summed E-state index contributed by atoms with van der Waals surface area (Å²) in [5, 5.41) is 91.8. The van der Waals surface area contributed by atoms with Crippen LogP contribution in [-0.4, -0.2) is 216 Å². The first kappa shape index (κ1) is 88.9. The lowest BCUT2D eigenvalue weighted by Gasteiger charge is -2.67. The van der Waals surface area contributed by atoms with Crippen LogP contribution in [0.1, 0.15) is 177 Å². The number of hydrogen-bond acceptors (Lipinski definition) is 28. The van der Waals surface area contributed by atoms with E-state index in [0.717, 1.165) is 20.8 Å². The Hall–Kier alpha value is -10.4. The maximum atomic E-state index is 15.5. The fourth-order valence-corrected chi connectivity index (χ4v) is 19.7. The predicted octanol–water partition coefficient (Wildman–Crippen LogP) is 7.00. The van der Waals surface area contributed by atoms with E-state index in [1.807, 2.05) is 0 Å². The summed E-state index contributed by atoms with van der Waals surface area (Å²) in [6.45, 7) is 19.8. The van der Waals surface area contributed by atoms with Crippen molar-refractivity contribution in [2.24, 2.45) is 33.5 Å². The largest absolute Gasteiger partial charge is 0.456 e. The van der Waals surface area contributed by atoms with E-state index in [1.54, 1.807) is 176 Å². The quantitative estimate of drug-likeness (QED) is 0.0242. The van der Waals surface area contributed by atoms with Crippen LogP contribution in [0.15, 0.2) is 174 Å². The average molecular weight is 1660 g/mol. The highest BCUT2D eigenvalue weighted by molar-refractivity contribution is 5.97. The molecule has 2 aliphatic heterocycles. The molecule has 2 amide bonds. The van der Waals surface area contributed by atoms with Crippen LogP contribution in [0.4, 0.5) is 4.79 Å². The number of esters is 7. The number of carbonyl (C=O) groups excluding carboxylic acids is 11. The summed E-state index contributed by atoms with van der Waals surface area (Å²) in [6, 6.07) is 37.6. The van der Waals surface area contributed by atoms with Crippen molar-refractivity contribution in [3.8, 4) is 0 Å². The summed E-state index contributed by atoms with van der Waals surface area (Å²) < 4.78 is 59.8. The molecule has 9 N–H and O–H groups in total. The molecule has 4 bridgehead atoms. The molecule has 4 saturated carbocycles. The fourth-order valence-electron chi connectivity index (χ4n) is 19.7. The molecule has 0 radical (unpaired) electrons. The Morgan fingerprint density at radius 3 is 1.20 bits per heavy atom. The van der Waals surface area contributed by atoms with Gasteiger partial charge in [-0.15, -0.1) is 0 Å². The first-order valence-corrected chi connectivity index (χ1v) is 39.8. The number of ketones is 2. The van der Waals surface area contributed by atoms with Gasteiger partial charge in [0.15, 0.2) is 41.1 Å². The van der Waals surface area contributed by atoms with E-state index in [2.05, 4.69) is 10.6 Å². The summed E-state index contributed by atoms with van der Waals surface area (Å²) in [6.07, 6.45) is -22.0. The van der Waals surface area contributed by atoms with Crippen molar-refractivity contribution in [2.75, 3.05) is 13.2 Å². The van der Waals surface area contributed by atoms with E-state index in [0.29, 0.717) is 11.1 Å². The van der Waals surface area contributed by atoms with Gasteiger partial charge in [0, 0.05) is 62.8 Å². The molecule has 22 atom stereocenters. The van der Waals surface area contributed by atoms with E-state index in [4.69, 9.17) is 47.4 Å². The lowest BCUT2D eigenvalue weighted by atomic mass is 9.44. The highest BCUT2D eigenvalue weighted by Crippen LogP contribution is 2.67. The van der Waals surface area contributed by atoms with E-state index >= 15 is 4.79 Å². The third kappa shape index (κ3) is 15.5. The highest BCUT2D eigenvalue weighted by atomic mass is 16.7. The Bertz CT molecular complexity index is 4860. The molecular formula is C90H104N2O28. The zero-order valence-corrected chi connectivity index (χ0v) is 69.1. The van der Waals surface area contributed by atoms with Crippen LogP contribution in [0.2, 0.25) is 0 Å². The smallest absolute Gasteiger partial charge is 0.408 e. The zero-order chi connectivity index (χ0) is 87.7. The molecule has 2 saturated heterocycles. The second-order valence-corrected chi connectivity index (χ2v) is 34.9. The molecule has 5 aromatic rings. The van der Waals surface area contributed by atoms with Crippen LogP contribution in [0.5, 0.6) is 0 Å². The predicted molar refractivity (Wildman–Crippen MR) is 421 cm³/mol. The second-order valence-electron chi connectivity index (χ2n) is 34.9. The van der Waals surface area contributed by atoms with Crippen LogP contribution < -0.4 is 10.6 Å². The number of nitrogens with one attached hydrogen (secondary N) is 2. The molecule has 642 valence electrons. The number of rotatable bonds is 18. The van der Waals surface area contributed by atoms with Gasteiger partial charge in [-0.2, -0.15) is 0 Å². The fraction of sp³-hybridized carbons (Fsp3) is 0.500. The summed E-state index contributed by atoms with van der Waals surface area (Å²) in [5.74, 6) is -12.2. The van der Waals surface area contributed by atoms with Crippen molar-refractivity contribution in [1.82, 2.24) is 10.6 Å². The minimum Gasteiger partial charge on any atom is -0.456 e. The van der Waals surface area contributed by atoms with Gasteiger partial charge < -0.3 is 93.7 Å². The molecule has 120 heavy (non-hydrogen) atoms. The molecular weight excluding hydrogens is 1560 g/mol. The number of benzene rings is 5. The van der Waals surface area contributed by atoms with E-state index < -0.39 is 225 Å². The summed E-state index contributed by atoms with van der Waals surface area (Å²) >= 11 is 0. The minimum absolute atomic E-state index is 0.00289. The van der Waals surface area contributed by atoms with E-state index in [1.165, 1.54) is 52.0 Å². The number of aliphatic hydroxyl groups excluding tert-OH is 5. The number of amides is 2. The Balaban J connectivity index is 0.000000221. The number of fused-ring (bicyclic) bond motifs is 10. The Morgan fingerprint density at radius 1 is 0.475 bits per heavy atom. The maximum Gasteiger partial charge on any atom is 0.408 e. The normalized spacial score (nSPS) is 32.7. The van der Waals surface area contributed by atoms with Gasteiger partial charge in [-0.05, 0) is 118 Å². The van der Waals surface area contributed by atoms with Gasteiger partial charge in [-0.3, -0.25) is 28.8 Å². The summed E-state index contributed by atoms with van der Waals surface area (Å²) in [4.78, 5) is 152. The Labute approximate surface area is 693 Å². The number of Topliss-reactive ketones (excluding diaryl/α,β-unsaturated/α-hetero) is 2. The lowest BCUT2D eigenvalue weighted by molar-refractivity contribution is -0.346. The highest BCUT2D eigenvalue weighted by Gasteiger charge is 2.81. The monoisotopic (exact) mass is 1660 g/mol. The second kappa shape index (κ2) is 33.2. The number of aliphatic hydroxyl groups is 7. The molecule has 0 spiro atoms. The molecule has 6 fully saturated rings. The zero-order valence-electron chi connectivity index (χ0n) is 69.1. The summed E-state index contributed by atoms with van der Waals surface area (Å²) in [5.41, 5.74) is -15.2. The molecule has 0 unspecified atom stereocenters. The van der Waals surface area contributed by atoms with Crippen molar-refractivity contribution < 1.29 is 136 Å². The standard InChI is InChI=1S/C47H51NO14.C43H53NO14/c1-25-31(60-43(56)36(52)35(28-16-10-7-11-17-28)48-41(54)29-18-12-8-13-19-29)23-47(57)40(61-42(55)30-20-14-9-15-21-30)38-45(6,32(51)22-33-46(38,24-58-33)62-27(3)50)39(53)37(59-26(2)49)34(25)44(47,4)5;1-22-26(55-37(51)32(48)30(24-15-11-9-12-16-24)44-38(52)58-39(3,4)5)20-43(53)35(56-36(50)25-17-13-10-14-18-25)33-41(8,34(49)31(47)29(22)40(43,6)7)27(46)19-28-42(33,21-54-28)57-23(2)45/h7-21,31-33,35-38,40,51-52,57H,22-24H2,1-6H3,(H,48,54);9-18,26-28,30-33,35,46-48,53H,19-21H2,1-8H3,(H,44,52)/t31-,32-,33+,35-,36+,37+,38-,40-,45+,46-,47+;26-,27-,28+,30-,31+,32+,33-,35-,41+,42-,43+/m00/s1. The van der Waals surface area contributed by atoms with Gasteiger partial charge in [-0.25, -0.2) is 24.0 Å². The Kier molecular flexibility index (Phi) is 24.6. The van der Waals surface area contributed by atoms with Gasteiger partial charge in [0.25, 0.3) is 5.91 Å². The average Bonchev–Trinajstić information content (AvgIpc) is 0.672. The van der Waals surface area contributed by atoms with Crippen molar-refractivity contribution >= 4 is 65.4 Å². The number of hydrogen-bond donors (Lipinski definition) is 9. The first-order chi connectivity index (χ1) is 56.3. The first-order valence-electron chi connectivity index (χ1n) is 39.8. The molecule has 5 aromatic carbocycles.